The molecule has 106 valence electrons. The van der Waals surface area contributed by atoms with Crippen molar-refractivity contribution in [3.05, 3.63) is 34.9 Å². The third-order valence-electron chi connectivity index (χ3n) is 2.51. The molecule has 0 aliphatic carbocycles. The van der Waals surface area contributed by atoms with Crippen LogP contribution in [0.2, 0.25) is 0 Å². The van der Waals surface area contributed by atoms with Crippen LogP contribution in [0.15, 0.2) is 18.2 Å². The van der Waals surface area contributed by atoms with Gasteiger partial charge in [-0.3, -0.25) is 9.59 Å². The molecule has 5 nitrogen and oxygen atoms in total. The third-order valence-corrected chi connectivity index (χ3v) is 2.51. The molecular weight excluding hydrogens is 256 g/mol. The molecule has 1 aromatic rings. The number of hydrogen-bond donors (Lipinski definition) is 3. The Labute approximate surface area is 118 Å². The Morgan fingerprint density at radius 3 is 2.70 bits per heavy atom. The van der Waals surface area contributed by atoms with E-state index in [9.17, 15) is 9.59 Å². The Kier molecular flexibility index (Phi) is 6.27. The summed E-state index contributed by atoms with van der Waals surface area (Å²) in [4.78, 5) is 23.4. The first kappa shape index (κ1) is 15.7. The van der Waals surface area contributed by atoms with Gasteiger partial charge in [-0.05, 0) is 26.0 Å². The van der Waals surface area contributed by atoms with Crippen molar-refractivity contribution in [2.24, 2.45) is 0 Å². The molecule has 0 saturated carbocycles. The number of carbonyl (C=O) groups excluding carboxylic acids is 2. The molecular formula is C15H18N2O3. The van der Waals surface area contributed by atoms with Gasteiger partial charge in [0.05, 0.1) is 12.1 Å². The molecule has 0 heterocycles. The van der Waals surface area contributed by atoms with Gasteiger partial charge in [0.15, 0.2) is 0 Å². The Balaban J connectivity index is 2.85. The zero-order chi connectivity index (χ0) is 15.0. The van der Waals surface area contributed by atoms with Crippen molar-refractivity contribution in [1.29, 1.82) is 0 Å². The van der Waals surface area contributed by atoms with Crippen LogP contribution in [0.1, 0.15) is 28.4 Å². The Morgan fingerprint density at radius 2 is 2.05 bits per heavy atom. The number of aliphatic hydroxyl groups is 1. The maximum Gasteiger partial charge on any atom is 0.252 e. The summed E-state index contributed by atoms with van der Waals surface area (Å²) in [6.07, 6.45) is 0. The van der Waals surface area contributed by atoms with Crippen molar-refractivity contribution in [2.75, 3.05) is 19.7 Å². The second-order valence-corrected chi connectivity index (χ2v) is 4.15. The predicted octanol–water partition coefficient (Wildman–Crippen LogP) is 0.205. The topological polar surface area (TPSA) is 78.4 Å². The fourth-order valence-electron chi connectivity index (χ4n) is 1.61. The highest BCUT2D eigenvalue weighted by atomic mass is 16.2. The van der Waals surface area contributed by atoms with E-state index in [4.69, 9.17) is 5.11 Å². The second kappa shape index (κ2) is 7.97. The van der Waals surface area contributed by atoms with Crippen molar-refractivity contribution in [3.63, 3.8) is 0 Å². The molecule has 0 aliphatic heterocycles. The summed E-state index contributed by atoms with van der Waals surface area (Å²) in [6.45, 7) is 3.85. The first-order valence-corrected chi connectivity index (χ1v) is 6.33. The maximum atomic E-state index is 12.1. The van der Waals surface area contributed by atoms with E-state index in [-0.39, 0.29) is 25.0 Å². The molecule has 5 heteroatoms. The molecule has 0 fully saturated rings. The van der Waals surface area contributed by atoms with E-state index in [1.54, 1.807) is 12.1 Å². The van der Waals surface area contributed by atoms with E-state index in [0.29, 0.717) is 17.7 Å². The first-order valence-electron chi connectivity index (χ1n) is 6.33. The van der Waals surface area contributed by atoms with Crippen LogP contribution in [-0.2, 0) is 4.79 Å². The number of rotatable bonds is 4. The van der Waals surface area contributed by atoms with Gasteiger partial charge in [0.2, 0.25) is 5.91 Å². The zero-order valence-corrected chi connectivity index (χ0v) is 11.6. The number of nitrogens with one attached hydrogen (secondary N) is 2. The molecule has 1 rings (SSSR count). The second-order valence-electron chi connectivity index (χ2n) is 4.15. The summed E-state index contributed by atoms with van der Waals surface area (Å²) in [6, 6.07) is 5.26. The summed E-state index contributed by atoms with van der Waals surface area (Å²) >= 11 is 0. The van der Waals surface area contributed by atoms with Crippen molar-refractivity contribution < 1.29 is 14.7 Å². The number of likely N-dealkylation sites (N-methyl/N-ethyl adjacent to an activating group) is 1. The van der Waals surface area contributed by atoms with Crippen molar-refractivity contribution in [1.82, 2.24) is 10.6 Å². The van der Waals surface area contributed by atoms with Crippen LogP contribution in [0, 0.1) is 18.8 Å². The van der Waals surface area contributed by atoms with Crippen molar-refractivity contribution >= 4 is 11.8 Å². The molecule has 0 spiro atoms. The number of carbonyl (C=O) groups is 2. The number of aryl methyl sites for hydroxylation is 1. The maximum absolute atomic E-state index is 12.1. The normalized spacial score (nSPS) is 9.35. The number of aliphatic hydroxyl groups excluding tert-OH is 1. The Hall–Kier alpha value is -2.32. The monoisotopic (exact) mass is 274 g/mol. The van der Waals surface area contributed by atoms with Gasteiger partial charge in [-0.2, -0.15) is 0 Å². The minimum atomic E-state index is -0.359. The van der Waals surface area contributed by atoms with E-state index in [1.807, 2.05) is 19.9 Å². The van der Waals surface area contributed by atoms with E-state index in [1.165, 1.54) is 0 Å². The van der Waals surface area contributed by atoms with Gasteiger partial charge in [0.25, 0.3) is 5.91 Å². The van der Waals surface area contributed by atoms with Crippen molar-refractivity contribution in [3.8, 4) is 11.8 Å². The van der Waals surface area contributed by atoms with Gasteiger partial charge in [-0.1, -0.05) is 23.5 Å². The van der Waals surface area contributed by atoms with Gasteiger partial charge < -0.3 is 15.7 Å². The Bertz CT molecular complexity index is 556. The molecule has 3 N–H and O–H groups in total. The van der Waals surface area contributed by atoms with Crippen LogP contribution >= 0.6 is 0 Å². The predicted molar refractivity (Wildman–Crippen MR) is 76.2 cm³/mol. The molecule has 0 saturated heterocycles. The summed E-state index contributed by atoms with van der Waals surface area (Å²) in [5.74, 6) is 4.63. The van der Waals surface area contributed by atoms with Crippen LogP contribution in [0.5, 0.6) is 0 Å². The van der Waals surface area contributed by atoms with Gasteiger partial charge in [0, 0.05) is 12.1 Å². The number of amides is 2. The number of benzene rings is 1. The quantitative estimate of drug-likeness (QED) is 0.687. The third kappa shape index (κ3) is 4.75. The van der Waals surface area contributed by atoms with E-state index >= 15 is 0 Å². The summed E-state index contributed by atoms with van der Waals surface area (Å²) in [7, 11) is 0. The van der Waals surface area contributed by atoms with Crippen LogP contribution < -0.4 is 10.6 Å². The molecule has 1 aromatic carbocycles. The molecule has 0 atom stereocenters. The van der Waals surface area contributed by atoms with Crippen LogP contribution in [-0.4, -0.2) is 36.6 Å². The minimum Gasteiger partial charge on any atom is -0.384 e. The van der Waals surface area contributed by atoms with Gasteiger partial charge in [-0.15, -0.1) is 0 Å². The fourth-order valence-corrected chi connectivity index (χ4v) is 1.61. The highest BCUT2D eigenvalue weighted by molar-refractivity contribution is 5.98. The standard InChI is InChI=1S/C15H18N2O3/c1-3-16-14(19)10-17-15(20)13-9-11(2)6-7-12(13)5-4-8-18/h6-7,9,18H,3,8,10H2,1-2H3,(H,16,19)(H,17,20). The number of hydrogen-bond acceptors (Lipinski definition) is 3. The molecule has 0 aliphatic rings. The smallest absolute Gasteiger partial charge is 0.252 e. The van der Waals surface area contributed by atoms with Crippen molar-refractivity contribution in [2.45, 2.75) is 13.8 Å². The summed E-state index contributed by atoms with van der Waals surface area (Å²) in [5, 5.41) is 13.9. The lowest BCUT2D eigenvalue weighted by atomic mass is 10.0. The molecule has 0 bridgehead atoms. The average Bonchev–Trinajstić information content (AvgIpc) is 2.43. The Morgan fingerprint density at radius 1 is 1.30 bits per heavy atom. The first-order chi connectivity index (χ1) is 9.58. The SMILES string of the molecule is CCNC(=O)CNC(=O)c1cc(C)ccc1C#CCO. The van der Waals surface area contributed by atoms with E-state index < -0.39 is 0 Å². The van der Waals surface area contributed by atoms with E-state index in [0.717, 1.165) is 5.56 Å². The lowest BCUT2D eigenvalue weighted by Gasteiger charge is -2.08. The average molecular weight is 274 g/mol. The summed E-state index contributed by atoms with van der Waals surface area (Å²) < 4.78 is 0. The summed E-state index contributed by atoms with van der Waals surface area (Å²) in [5.41, 5.74) is 1.84. The highest BCUT2D eigenvalue weighted by Crippen LogP contribution is 2.10. The van der Waals surface area contributed by atoms with Gasteiger partial charge in [0.1, 0.15) is 6.61 Å². The zero-order valence-electron chi connectivity index (χ0n) is 11.6. The lowest BCUT2D eigenvalue weighted by molar-refractivity contribution is -0.120. The van der Waals surface area contributed by atoms with Crippen LogP contribution in [0.25, 0.3) is 0 Å². The van der Waals surface area contributed by atoms with E-state index in [2.05, 4.69) is 22.5 Å². The molecule has 0 aromatic heterocycles. The molecule has 20 heavy (non-hydrogen) atoms. The molecule has 0 unspecified atom stereocenters. The van der Waals surface area contributed by atoms with Crippen LogP contribution in [0.4, 0.5) is 0 Å². The van der Waals surface area contributed by atoms with Gasteiger partial charge >= 0.3 is 0 Å². The lowest BCUT2D eigenvalue weighted by Crippen LogP contribution is -2.37. The largest absolute Gasteiger partial charge is 0.384 e. The van der Waals surface area contributed by atoms with Crippen LogP contribution in [0.3, 0.4) is 0 Å². The molecule has 0 radical (unpaired) electrons. The minimum absolute atomic E-state index is 0.0759. The highest BCUT2D eigenvalue weighted by Gasteiger charge is 2.11. The van der Waals surface area contributed by atoms with Gasteiger partial charge in [-0.25, -0.2) is 0 Å². The molecule has 2 amide bonds. The fraction of sp³-hybridized carbons (Fsp3) is 0.333.